The lowest BCUT2D eigenvalue weighted by Gasteiger charge is -2.09. The molecule has 1 aromatic carbocycles. The first-order valence-corrected chi connectivity index (χ1v) is 5.70. The predicted molar refractivity (Wildman–Crippen MR) is 76.4 cm³/mol. The van der Waals surface area contributed by atoms with Crippen LogP contribution in [0.15, 0.2) is 29.3 Å². The van der Waals surface area contributed by atoms with Crippen LogP contribution in [0.2, 0.25) is 0 Å². The molecule has 1 aliphatic heterocycles. The SMILES string of the molecule is CCNc1ccc(NC2=NCC(C)N2)cc1.Cl. The average molecular weight is 255 g/mol. The Kier molecular flexibility index (Phi) is 5.10. The number of benzene rings is 1. The number of hydrogen-bond acceptors (Lipinski definition) is 4. The van der Waals surface area contributed by atoms with Crippen molar-refractivity contribution in [3.8, 4) is 0 Å². The number of hydrogen-bond donors (Lipinski definition) is 3. The molecule has 0 aromatic heterocycles. The fraction of sp³-hybridized carbons (Fsp3) is 0.417. The number of guanidine groups is 1. The van der Waals surface area contributed by atoms with Crippen LogP contribution in [0.25, 0.3) is 0 Å². The monoisotopic (exact) mass is 254 g/mol. The number of anilines is 2. The van der Waals surface area contributed by atoms with Crippen LogP contribution < -0.4 is 16.0 Å². The van der Waals surface area contributed by atoms with E-state index in [0.717, 1.165) is 30.4 Å². The highest BCUT2D eigenvalue weighted by Crippen LogP contribution is 2.13. The van der Waals surface area contributed by atoms with E-state index in [2.05, 4.69) is 46.9 Å². The Balaban J connectivity index is 0.00000144. The normalized spacial score (nSPS) is 17.8. The smallest absolute Gasteiger partial charge is 0.196 e. The lowest BCUT2D eigenvalue weighted by molar-refractivity contribution is 0.725. The molecule has 0 saturated heterocycles. The highest BCUT2D eigenvalue weighted by Gasteiger charge is 2.11. The molecule has 94 valence electrons. The van der Waals surface area contributed by atoms with Crippen LogP contribution in [0.4, 0.5) is 11.4 Å². The molecule has 1 aliphatic rings. The average Bonchev–Trinajstić information content (AvgIpc) is 2.67. The molecule has 17 heavy (non-hydrogen) atoms. The van der Waals surface area contributed by atoms with Crippen molar-refractivity contribution in [2.45, 2.75) is 19.9 Å². The van der Waals surface area contributed by atoms with E-state index in [0.29, 0.717) is 6.04 Å². The van der Waals surface area contributed by atoms with Gasteiger partial charge in [-0.05, 0) is 38.1 Å². The van der Waals surface area contributed by atoms with Gasteiger partial charge >= 0.3 is 0 Å². The number of halogens is 1. The molecular formula is C12H19ClN4. The summed E-state index contributed by atoms with van der Waals surface area (Å²) in [5, 5.41) is 9.78. The van der Waals surface area contributed by atoms with Gasteiger partial charge in [0.2, 0.25) is 0 Å². The number of nitrogens with zero attached hydrogens (tertiary/aromatic N) is 1. The van der Waals surface area contributed by atoms with Crippen LogP contribution in [0.3, 0.4) is 0 Å². The van der Waals surface area contributed by atoms with Gasteiger partial charge in [-0.2, -0.15) is 0 Å². The maximum absolute atomic E-state index is 4.35. The Labute approximate surface area is 108 Å². The first-order valence-electron chi connectivity index (χ1n) is 5.70. The highest BCUT2D eigenvalue weighted by atomic mass is 35.5. The molecule has 3 N–H and O–H groups in total. The van der Waals surface area contributed by atoms with Crippen molar-refractivity contribution in [2.75, 3.05) is 23.7 Å². The quantitative estimate of drug-likeness (QED) is 0.776. The number of aliphatic imine (C=N–C) groups is 1. The van der Waals surface area contributed by atoms with E-state index in [-0.39, 0.29) is 12.4 Å². The minimum Gasteiger partial charge on any atom is -0.385 e. The Morgan fingerprint density at radius 3 is 2.47 bits per heavy atom. The summed E-state index contributed by atoms with van der Waals surface area (Å²) in [5.74, 6) is 0.865. The van der Waals surface area contributed by atoms with Crippen molar-refractivity contribution >= 4 is 29.7 Å². The second kappa shape index (κ2) is 6.35. The zero-order valence-corrected chi connectivity index (χ0v) is 11.0. The van der Waals surface area contributed by atoms with E-state index in [1.807, 2.05) is 12.1 Å². The molecule has 0 fully saturated rings. The molecule has 0 spiro atoms. The maximum Gasteiger partial charge on any atom is 0.196 e. The van der Waals surface area contributed by atoms with Gasteiger partial charge in [0.15, 0.2) is 5.96 Å². The Bertz CT molecular complexity index is 375. The maximum atomic E-state index is 4.35. The number of nitrogens with one attached hydrogen (secondary N) is 3. The van der Waals surface area contributed by atoms with Crippen molar-refractivity contribution in [1.29, 1.82) is 0 Å². The van der Waals surface area contributed by atoms with Gasteiger partial charge in [-0.15, -0.1) is 12.4 Å². The fourth-order valence-electron chi connectivity index (χ4n) is 1.64. The minimum atomic E-state index is 0. The molecule has 1 heterocycles. The third-order valence-corrected chi connectivity index (χ3v) is 2.43. The highest BCUT2D eigenvalue weighted by molar-refractivity contribution is 5.95. The van der Waals surface area contributed by atoms with Crippen molar-refractivity contribution in [1.82, 2.24) is 5.32 Å². The second-order valence-corrected chi connectivity index (χ2v) is 3.97. The van der Waals surface area contributed by atoms with Gasteiger partial charge in [0, 0.05) is 24.0 Å². The summed E-state index contributed by atoms with van der Waals surface area (Å²) in [4.78, 5) is 4.35. The van der Waals surface area contributed by atoms with Crippen LogP contribution in [0, 0.1) is 0 Å². The summed E-state index contributed by atoms with van der Waals surface area (Å²) in [6, 6.07) is 8.65. The van der Waals surface area contributed by atoms with E-state index >= 15 is 0 Å². The lowest BCUT2D eigenvalue weighted by atomic mass is 10.3. The molecule has 1 atom stereocenters. The first-order chi connectivity index (χ1) is 7.78. The molecule has 0 amide bonds. The molecule has 0 radical (unpaired) electrons. The van der Waals surface area contributed by atoms with Gasteiger partial charge in [-0.1, -0.05) is 0 Å². The van der Waals surface area contributed by atoms with E-state index in [4.69, 9.17) is 0 Å². The molecule has 0 bridgehead atoms. The first kappa shape index (κ1) is 13.6. The molecule has 1 unspecified atom stereocenters. The second-order valence-electron chi connectivity index (χ2n) is 3.97. The van der Waals surface area contributed by atoms with Crippen LogP contribution >= 0.6 is 12.4 Å². The van der Waals surface area contributed by atoms with Gasteiger partial charge in [-0.3, -0.25) is 4.99 Å². The van der Waals surface area contributed by atoms with Crippen molar-refractivity contribution < 1.29 is 0 Å². The predicted octanol–water partition coefficient (Wildman–Crippen LogP) is 2.30. The Morgan fingerprint density at radius 1 is 1.29 bits per heavy atom. The van der Waals surface area contributed by atoms with Crippen molar-refractivity contribution in [2.24, 2.45) is 4.99 Å². The summed E-state index contributed by atoms with van der Waals surface area (Å²) in [5.41, 5.74) is 2.20. The van der Waals surface area contributed by atoms with Gasteiger partial charge in [0.1, 0.15) is 0 Å². The summed E-state index contributed by atoms with van der Waals surface area (Å²) in [7, 11) is 0. The lowest BCUT2D eigenvalue weighted by Crippen LogP contribution is -2.32. The summed E-state index contributed by atoms with van der Waals surface area (Å²) in [6.45, 7) is 5.99. The van der Waals surface area contributed by atoms with E-state index in [1.165, 1.54) is 0 Å². The van der Waals surface area contributed by atoms with Gasteiger partial charge < -0.3 is 16.0 Å². The standard InChI is InChI=1S/C12H18N4.ClH/c1-3-13-10-4-6-11(7-5-10)16-12-14-8-9(2)15-12;/h4-7,9,13H,3,8H2,1-2H3,(H2,14,15,16);1H. The van der Waals surface area contributed by atoms with E-state index < -0.39 is 0 Å². The van der Waals surface area contributed by atoms with E-state index in [9.17, 15) is 0 Å². The third kappa shape index (κ3) is 3.82. The number of rotatable bonds is 3. The third-order valence-electron chi connectivity index (χ3n) is 2.43. The van der Waals surface area contributed by atoms with Crippen LogP contribution in [0.5, 0.6) is 0 Å². The van der Waals surface area contributed by atoms with Crippen LogP contribution in [-0.4, -0.2) is 25.1 Å². The largest absolute Gasteiger partial charge is 0.385 e. The molecule has 1 aromatic rings. The molecule has 0 saturated carbocycles. The molecule has 4 nitrogen and oxygen atoms in total. The molecular weight excluding hydrogens is 236 g/mol. The zero-order valence-electron chi connectivity index (χ0n) is 10.2. The Morgan fingerprint density at radius 2 is 1.94 bits per heavy atom. The molecule has 2 rings (SSSR count). The van der Waals surface area contributed by atoms with Crippen LogP contribution in [0.1, 0.15) is 13.8 Å². The van der Waals surface area contributed by atoms with E-state index in [1.54, 1.807) is 0 Å². The molecule has 5 heteroatoms. The van der Waals surface area contributed by atoms with Crippen LogP contribution in [-0.2, 0) is 0 Å². The van der Waals surface area contributed by atoms with Gasteiger partial charge in [0.05, 0.1) is 6.54 Å². The van der Waals surface area contributed by atoms with Crippen molar-refractivity contribution in [3.63, 3.8) is 0 Å². The van der Waals surface area contributed by atoms with Gasteiger partial charge in [-0.25, -0.2) is 0 Å². The summed E-state index contributed by atoms with van der Waals surface area (Å²) >= 11 is 0. The zero-order chi connectivity index (χ0) is 11.4. The van der Waals surface area contributed by atoms with Gasteiger partial charge in [0.25, 0.3) is 0 Å². The van der Waals surface area contributed by atoms with Crippen molar-refractivity contribution in [3.05, 3.63) is 24.3 Å². The topological polar surface area (TPSA) is 48.5 Å². The Hall–Kier alpha value is -1.42. The fourth-order valence-corrected chi connectivity index (χ4v) is 1.64. The summed E-state index contributed by atoms with van der Waals surface area (Å²) < 4.78 is 0. The minimum absolute atomic E-state index is 0. The summed E-state index contributed by atoms with van der Waals surface area (Å²) in [6.07, 6.45) is 0. The molecule has 0 aliphatic carbocycles.